The second-order valence-electron chi connectivity index (χ2n) is 16.4. The SMILES string of the molecule is COc1ccc(CN(Cc2ccc(OC)cc2)S(=O)(=O)c2c(S(=O)(=O)NC3(CNC(=O)OC(C)(C)C)COC(C)(C)OC3)ccc(I)c2-c2nnn(Cc3ccc(OC)cc3)n2)cc1. The average molecular weight is 1030 g/mol. The Hall–Kier alpha value is -4.91. The van der Waals surface area contributed by atoms with Gasteiger partial charge in [0, 0.05) is 23.2 Å². The van der Waals surface area contributed by atoms with Crippen molar-refractivity contribution in [1.82, 2.24) is 34.6 Å². The molecular formula is C43H52IN7O11S2. The van der Waals surface area contributed by atoms with Gasteiger partial charge in [-0.25, -0.2) is 21.6 Å². The lowest BCUT2D eigenvalue weighted by molar-refractivity contribution is -0.268. The Labute approximate surface area is 387 Å². The van der Waals surface area contributed by atoms with Crippen LogP contribution in [0.25, 0.3) is 11.4 Å². The number of alkyl carbamates (subject to hydrolysis) is 1. The van der Waals surface area contributed by atoms with Crippen LogP contribution in [0.4, 0.5) is 4.79 Å². The van der Waals surface area contributed by atoms with Gasteiger partial charge in [0.25, 0.3) is 0 Å². The van der Waals surface area contributed by atoms with Crippen LogP contribution in [0.5, 0.6) is 17.2 Å². The molecule has 18 nitrogen and oxygen atoms in total. The third-order valence-electron chi connectivity index (χ3n) is 9.87. The minimum absolute atomic E-state index is 0.0999. The van der Waals surface area contributed by atoms with Crippen molar-refractivity contribution in [3.05, 3.63) is 105 Å². The van der Waals surface area contributed by atoms with Gasteiger partial charge in [0.1, 0.15) is 32.6 Å². The zero-order valence-electron chi connectivity index (χ0n) is 36.7. The Morgan fingerprint density at radius 1 is 0.797 bits per heavy atom. The molecule has 0 atom stereocenters. The van der Waals surface area contributed by atoms with Crippen LogP contribution in [0.1, 0.15) is 51.3 Å². The Morgan fingerprint density at radius 3 is 1.78 bits per heavy atom. The van der Waals surface area contributed by atoms with E-state index in [2.05, 4.69) is 25.4 Å². The summed E-state index contributed by atoms with van der Waals surface area (Å²) in [5.41, 5.74) is -0.626. The highest BCUT2D eigenvalue weighted by atomic mass is 127. The highest BCUT2D eigenvalue weighted by molar-refractivity contribution is 14.1. The first kappa shape index (κ1) is 48.5. The average Bonchev–Trinajstić information content (AvgIpc) is 3.71. The molecule has 1 amide bonds. The number of amides is 1. The smallest absolute Gasteiger partial charge is 0.407 e. The third kappa shape index (κ3) is 12.0. The van der Waals surface area contributed by atoms with Gasteiger partial charge < -0.3 is 33.7 Å². The summed E-state index contributed by atoms with van der Waals surface area (Å²) in [7, 11) is -5.14. The highest BCUT2D eigenvalue weighted by Crippen LogP contribution is 2.39. The van der Waals surface area contributed by atoms with Gasteiger partial charge in [-0.2, -0.15) is 13.8 Å². The number of nitrogens with one attached hydrogen (secondary N) is 2. The molecule has 21 heteroatoms. The maximum atomic E-state index is 15.7. The van der Waals surface area contributed by atoms with Gasteiger partial charge in [-0.15, -0.1) is 10.2 Å². The molecule has 0 radical (unpaired) electrons. The lowest BCUT2D eigenvalue weighted by Gasteiger charge is -2.43. The van der Waals surface area contributed by atoms with Crippen LogP contribution < -0.4 is 24.2 Å². The van der Waals surface area contributed by atoms with Crippen molar-refractivity contribution in [2.45, 2.75) is 81.0 Å². The quantitative estimate of drug-likeness (QED) is 0.107. The molecule has 6 rings (SSSR count). The molecule has 1 aromatic heterocycles. The molecule has 1 aliphatic rings. The predicted octanol–water partition coefficient (Wildman–Crippen LogP) is 5.73. The molecule has 5 aromatic rings. The van der Waals surface area contributed by atoms with Crippen LogP contribution in [0, 0.1) is 3.57 Å². The van der Waals surface area contributed by atoms with E-state index in [1.165, 1.54) is 35.5 Å². The molecule has 1 saturated heterocycles. The second-order valence-corrected chi connectivity index (χ2v) is 21.1. The Balaban J connectivity index is 1.51. The number of nitrogens with zero attached hydrogens (tertiary/aromatic N) is 5. The van der Waals surface area contributed by atoms with Gasteiger partial charge in [0.05, 0.1) is 52.2 Å². The fourth-order valence-corrected chi connectivity index (χ4v) is 11.2. The molecule has 344 valence electrons. The molecule has 0 unspecified atom stereocenters. The van der Waals surface area contributed by atoms with E-state index in [0.29, 0.717) is 31.9 Å². The van der Waals surface area contributed by atoms with E-state index in [-0.39, 0.29) is 50.8 Å². The molecule has 0 spiro atoms. The highest BCUT2D eigenvalue weighted by Gasteiger charge is 2.46. The van der Waals surface area contributed by atoms with E-state index < -0.39 is 52.9 Å². The summed E-state index contributed by atoms with van der Waals surface area (Å²) in [5.74, 6) is 0.530. The topological polar surface area (TPSA) is 212 Å². The number of sulfonamides is 2. The van der Waals surface area contributed by atoms with E-state index in [0.717, 1.165) is 5.56 Å². The minimum atomic E-state index is -4.88. The molecule has 64 heavy (non-hydrogen) atoms. The number of carbonyl (C=O) groups is 1. The van der Waals surface area contributed by atoms with E-state index in [1.54, 1.807) is 102 Å². The molecule has 0 saturated carbocycles. The summed E-state index contributed by atoms with van der Waals surface area (Å²) in [6.07, 6.45) is -0.813. The van der Waals surface area contributed by atoms with E-state index >= 15 is 16.8 Å². The predicted molar refractivity (Wildman–Crippen MR) is 244 cm³/mol. The summed E-state index contributed by atoms with van der Waals surface area (Å²) in [6.45, 7) is 7.30. The normalized spacial score (nSPS) is 15.1. The van der Waals surface area contributed by atoms with Crippen molar-refractivity contribution >= 4 is 48.7 Å². The molecule has 0 aliphatic carbocycles. The van der Waals surface area contributed by atoms with Gasteiger partial charge in [-0.1, -0.05) is 36.4 Å². The van der Waals surface area contributed by atoms with Crippen LogP contribution in [0.3, 0.4) is 0 Å². The number of benzene rings is 4. The fraction of sp³-hybridized carbons (Fsp3) is 0.395. The summed E-state index contributed by atoms with van der Waals surface area (Å²) in [6, 6.07) is 23.6. The first-order chi connectivity index (χ1) is 30.1. The van der Waals surface area contributed by atoms with Crippen molar-refractivity contribution in [3.63, 3.8) is 0 Å². The first-order valence-electron chi connectivity index (χ1n) is 19.9. The number of ether oxygens (including phenoxy) is 6. The standard InChI is InChI=1S/C43H52IN7O11S2/c1-41(2,3)62-40(52)45-26-43(27-60-42(4,5)61-28-43)48-63(53,54)36-22-21-35(44)37(39-46-49-51(47-39)25-31-13-19-34(59-8)20-14-31)38(36)64(55,56)50(23-29-9-15-32(57-6)16-10-29)24-30-11-17-33(58-7)18-12-30/h9-22,48H,23-28H2,1-8H3,(H,45,52). The van der Waals surface area contributed by atoms with Crippen molar-refractivity contribution in [1.29, 1.82) is 0 Å². The Morgan fingerprint density at radius 2 is 1.30 bits per heavy atom. The number of methoxy groups -OCH3 is 3. The number of aromatic nitrogens is 4. The largest absolute Gasteiger partial charge is 0.497 e. The van der Waals surface area contributed by atoms with Crippen molar-refractivity contribution < 1.29 is 50.1 Å². The number of hydrogen-bond donors (Lipinski definition) is 2. The molecule has 0 bridgehead atoms. The number of halogens is 1. The molecule has 2 heterocycles. The molecule has 1 aliphatic heterocycles. The zero-order chi connectivity index (χ0) is 46.5. The molecular weight excluding hydrogens is 982 g/mol. The summed E-state index contributed by atoms with van der Waals surface area (Å²) < 4.78 is 99.2. The van der Waals surface area contributed by atoms with Crippen LogP contribution >= 0.6 is 22.6 Å². The maximum Gasteiger partial charge on any atom is 0.407 e. The lowest BCUT2D eigenvalue weighted by atomic mass is 10.0. The van der Waals surface area contributed by atoms with Crippen LogP contribution in [-0.4, -0.2) is 105 Å². The Bertz CT molecular complexity index is 2580. The molecule has 2 N–H and O–H groups in total. The van der Waals surface area contributed by atoms with Gasteiger partial charge in [0.2, 0.25) is 25.9 Å². The third-order valence-corrected chi connectivity index (χ3v) is 14.4. The maximum absolute atomic E-state index is 15.7. The van der Waals surface area contributed by atoms with Gasteiger partial charge in [0.15, 0.2) is 5.79 Å². The van der Waals surface area contributed by atoms with E-state index in [9.17, 15) is 4.79 Å². The lowest BCUT2D eigenvalue weighted by Crippen LogP contribution is -2.65. The summed E-state index contributed by atoms with van der Waals surface area (Å²) >= 11 is 1.94. The number of rotatable bonds is 17. The Kier molecular flexibility index (Phi) is 14.9. The fourth-order valence-electron chi connectivity index (χ4n) is 6.54. The van der Waals surface area contributed by atoms with Gasteiger partial charge >= 0.3 is 6.09 Å². The van der Waals surface area contributed by atoms with Crippen LogP contribution in [-0.2, 0) is 53.9 Å². The van der Waals surface area contributed by atoms with Crippen molar-refractivity contribution in [2.24, 2.45) is 0 Å². The monoisotopic (exact) mass is 1030 g/mol. The second kappa shape index (κ2) is 19.7. The van der Waals surface area contributed by atoms with Crippen LogP contribution in [0.15, 0.2) is 94.7 Å². The van der Waals surface area contributed by atoms with Crippen LogP contribution in [0.2, 0.25) is 0 Å². The molecule has 4 aromatic carbocycles. The van der Waals surface area contributed by atoms with Gasteiger partial charge in [-0.3, -0.25) is 0 Å². The van der Waals surface area contributed by atoms with Crippen molar-refractivity contribution in [2.75, 3.05) is 41.1 Å². The zero-order valence-corrected chi connectivity index (χ0v) is 40.5. The van der Waals surface area contributed by atoms with Gasteiger partial charge in [-0.05, 0) is 128 Å². The summed E-state index contributed by atoms with van der Waals surface area (Å²) in [4.78, 5) is 13.0. The van der Waals surface area contributed by atoms with Crippen molar-refractivity contribution in [3.8, 4) is 28.6 Å². The van der Waals surface area contributed by atoms with E-state index in [1.807, 2.05) is 34.7 Å². The molecule has 1 fully saturated rings. The summed E-state index contributed by atoms with van der Waals surface area (Å²) in [5, 5.41) is 15.8. The first-order valence-corrected chi connectivity index (χ1v) is 23.9. The van der Waals surface area contributed by atoms with E-state index in [4.69, 9.17) is 28.4 Å². The minimum Gasteiger partial charge on any atom is -0.497 e. The number of hydrogen-bond acceptors (Lipinski definition) is 14. The number of carbonyl (C=O) groups excluding carboxylic acids is 1. The number of tetrazole rings is 1.